The molecule has 0 radical (unpaired) electrons. The van der Waals surface area contributed by atoms with Crippen LogP contribution < -0.4 is 5.32 Å². The number of nitrogens with zero attached hydrogens (tertiary/aromatic N) is 5. The van der Waals surface area contributed by atoms with E-state index in [2.05, 4.69) is 22.5 Å². The highest BCUT2D eigenvalue weighted by Gasteiger charge is 2.21. The minimum Gasteiger partial charge on any atom is -0.463 e. The van der Waals surface area contributed by atoms with Crippen LogP contribution in [0.2, 0.25) is 0 Å². The summed E-state index contributed by atoms with van der Waals surface area (Å²) in [4.78, 5) is 4.82. The highest BCUT2D eigenvalue weighted by atomic mass is 16.3. The maximum Gasteiger partial charge on any atom is 0.167 e. The topological polar surface area (TPSA) is 73.2 Å². The molecule has 7 heteroatoms. The standard InChI is InChI=1S/C21H18N6O/c1-26-16(9-11-23-26)19-20(17-8-5-13-28-17)25-27-12-10-18(24-21(19)27)22-14-15-6-3-2-4-7-15/h2-13H,14H2,1H3,(H,22,24). The molecule has 0 atom stereocenters. The van der Waals surface area contributed by atoms with E-state index in [1.165, 1.54) is 5.56 Å². The third-order valence-corrected chi connectivity index (χ3v) is 4.63. The molecule has 0 spiro atoms. The van der Waals surface area contributed by atoms with E-state index >= 15 is 0 Å². The lowest BCUT2D eigenvalue weighted by atomic mass is 10.1. The lowest BCUT2D eigenvalue weighted by molar-refractivity contribution is 0.579. The Labute approximate surface area is 161 Å². The smallest absolute Gasteiger partial charge is 0.167 e. The van der Waals surface area contributed by atoms with Gasteiger partial charge in [0.2, 0.25) is 0 Å². The molecule has 0 bridgehead atoms. The molecule has 1 aromatic carbocycles. The highest BCUT2D eigenvalue weighted by molar-refractivity contribution is 5.88. The van der Waals surface area contributed by atoms with E-state index in [-0.39, 0.29) is 0 Å². The van der Waals surface area contributed by atoms with Crippen molar-refractivity contribution >= 4 is 11.5 Å². The van der Waals surface area contributed by atoms with Crippen LogP contribution in [0.1, 0.15) is 5.56 Å². The normalized spacial score (nSPS) is 11.2. The van der Waals surface area contributed by atoms with Crippen molar-refractivity contribution < 1.29 is 4.42 Å². The van der Waals surface area contributed by atoms with Gasteiger partial charge in [-0.3, -0.25) is 4.68 Å². The van der Waals surface area contributed by atoms with Crippen LogP contribution in [0.25, 0.3) is 28.4 Å². The maximum atomic E-state index is 5.61. The average molecular weight is 370 g/mol. The number of aryl methyl sites for hydroxylation is 1. The van der Waals surface area contributed by atoms with Gasteiger partial charge in [0.1, 0.15) is 11.5 Å². The second-order valence-electron chi connectivity index (χ2n) is 6.46. The Balaban J connectivity index is 1.61. The van der Waals surface area contributed by atoms with Crippen LogP contribution in [0.5, 0.6) is 0 Å². The monoisotopic (exact) mass is 370 g/mol. The first-order chi connectivity index (χ1) is 13.8. The van der Waals surface area contributed by atoms with Gasteiger partial charge in [-0.05, 0) is 29.8 Å². The number of nitrogens with one attached hydrogen (secondary N) is 1. The number of anilines is 1. The number of hydrogen-bond donors (Lipinski definition) is 1. The summed E-state index contributed by atoms with van der Waals surface area (Å²) in [5.41, 5.74) is 4.49. The molecule has 1 N–H and O–H groups in total. The van der Waals surface area contributed by atoms with Crippen LogP contribution >= 0.6 is 0 Å². The highest BCUT2D eigenvalue weighted by Crippen LogP contribution is 2.34. The SMILES string of the molecule is Cn1nccc1-c1c(-c2ccco2)nn2ccc(NCc3ccccc3)nc12. The Morgan fingerprint density at radius 2 is 1.93 bits per heavy atom. The Kier molecular flexibility index (Phi) is 3.90. The number of aromatic nitrogens is 5. The van der Waals surface area contributed by atoms with Crippen molar-refractivity contribution in [2.75, 3.05) is 5.32 Å². The molecule has 0 fully saturated rings. The summed E-state index contributed by atoms with van der Waals surface area (Å²) in [6, 6.07) is 17.9. The molecule has 0 saturated carbocycles. The van der Waals surface area contributed by atoms with Gasteiger partial charge in [-0.1, -0.05) is 30.3 Å². The van der Waals surface area contributed by atoms with Gasteiger partial charge in [-0.15, -0.1) is 0 Å². The molecule has 28 heavy (non-hydrogen) atoms. The zero-order valence-corrected chi connectivity index (χ0v) is 15.3. The fraction of sp³-hybridized carbons (Fsp3) is 0.0952. The number of benzene rings is 1. The quantitative estimate of drug-likeness (QED) is 0.506. The summed E-state index contributed by atoms with van der Waals surface area (Å²) in [5.74, 6) is 1.48. The number of hydrogen-bond acceptors (Lipinski definition) is 5. The Bertz CT molecular complexity index is 1220. The fourth-order valence-corrected chi connectivity index (χ4v) is 3.26. The Morgan fingerprint density at radius 1 is 1.04 bits per heavy atom. The van der Waals surface area contributed by atoms with E-state index in [4.69, 9.17) is 14.5 Å². The van der Waals surface area contributed by atoms with E-state index in [1.54, 1.807) is 17.0 Å². The minimum atomic E-state index is 0.695. The predicted octanol–water partition coefficient (Wildman–Crippen LogP) is 4.00. The van der Waals surface area contributed by atoms with Crippen molar-refractivity contribution in [3.8, 4) is 22.7 Å². The van der Waals surface area contributed by atoms with Crippen molar-refractivity contribution in [3.63, 3.8) is 0 Å². The summed E-state index contributed by atoms with van der Waals surface area (Å²) in [5, 5.41) is 12.4. The van der Waals surface area contributed by atoms with Gasteiger partial charge in [-0.2, -0.15) is 10.2 Å². The Morgan fingerprint density at radius 3 is 2.68 bits per heavy atom. The van der Waals surface area contributed by atoms with Gasteiger partial charge in [0.05, 0.1) is 17.5 Å². The van der Waals surface area contributed by atoms with Gasteiger partial charge in [0, 0.05) is 26.0 Å². The van der Waals surface area contributed by atoms with Crippen molar-refractivity contribution in [1.82, 2.24) is 24.4 Å². The molecule has 0 aliphatic heterocycles. The van der Waals surface area contributed by atoms with Crippen LogP contribution in [-0.4, -0.2) is 24.4 Å². The Hall–Kier alpha value is -3.87. The third-order valence-electron chi connectivity index (χ3n) is 4.63. The summed E-state index contributed by atoms with van der Waals surface area (Å²) < 4.78 is 9.20. The molecule has 138 valence electrons. The van der Waals surface area contributed by atoms with Crippen molar-refractivity contribution in [2.24, 2.45) is 7.05 Å². The minimum absolute atomic E-state index is 0.695. The second-order valence-corrected chi connectivity index (χ2v) is 6.46. The molecule has 0 unspecified atom stereocenters. The fourth-order valence-electron chi connectivity index (χ4n) is 3.26. The maximum absolute atomic E-state index is 5.61. The predicted molar refractivity (Wildman–Crippen MR) is 107 cm³/mol. The van der Waals surface area contributed by atoms with E-state index in [0.29, 0.717) is 12.3 Å². The second kappa shape index (κ2) is 6.70. The lowest BCUT2D eigenvalue weighted by Gasteiger charge is -2.07. The molecular formula is C21H18N6O. The van der Waals surface area contributed by atoms with Gasteiger partial charge >= 0.3 is 0 Å². The molecule has 5 rings (SSSR count). The van der Waals surface area contributed by atoms with Gasteiger partial charge < -0.3 is 9.73 Å². The molecule has 0 amide bonds. The molecule has 0 aliphatic rings. The van der Waals surface area contributed by atoms with E-state index in [9.17, 15) is 0 Å². The zero-order chi connectivity index (χ0) is 18.9. The van der Waals surface area contributed by atoms with Gasteiger partial charge in [0.15, 0.2) is 11.4 Å². The third kappa shape index (κ3) is 2.83. The van der Waals surface area contributed by atoms with Crippen molar-refractivity contribution in [1.29, 1.82) is 0 Å². The van der Waals surface area contributed by atoms with Crippen LogP contribution in [0.15, 0.2) is 77.7 Å². The summed E-state index contributed by atoms with van der Waals surface area (Å²) in [7, 11) is 1.91. The van der Waals surface area contributed by atoms with Crippen molar-refractivity contribution in [2.45, 2.75) is 6.54 Å². The molecule has 7 nitrogen and oxygen atoms in total. The van der Waals surface area contributed by atoms with E-state index < -0.39 is 0 Å². The first-order valence-electron chi connectivity index (χ1n) is 8.99. The lowest BCUT2D eigenvalue weighted by Crippen LogP contribution is -2.03. The molecule has 0 aliphatic carbocycles. The van der Waals surface area contributed by atoms with Crippen LogP contribution in [0, 0.1) is 0 Å². The molecule has 5 aromatic rings. The first kappa shape index (κ1) is 16.3. The first-order valence-corrected chi connectivity index (χ1v) is 8.99. The number of rotatable bonds is 5. The van der Waals surface area contributed by atoms with Crippen LogP contribution in [0.4, 0.5) is 5.82 Å². The number of fused-ring (bicyclic) bond motifs is 1. The largest absolute Gasteiger partial charge is 0.463 e. The molecule has 0 saturated heterocycles. The van der Waals surface area contributed by atoms with Crippen LogP contribution in [-0.2, 0) is 13.6 Å². The van der Waals surface area contributed by atoms with Gasteiger partial charge in [-0.25, -0.2) is 9.50 Å². The summed E-state index contributed by atoms with van der Waals surface area (Å²) >= 11 is 0. The average Bonchev–Trinajstić information content (AvgIpc) is 3.46. The number of furan rings is 1. The molecule has 4 heterocycles. The molecule has 4 aromatic heterocycles. The zero-order valence-electron chi connectivity index (χ0n) is 15.3. The summed E-state index contributed by atoms with van der Waals surface area (Å²) in [6.45, 7) is 0.699. The van der Waals surface area contributed by atoms with Crippen molar-refractivity contribution in [3.05, 3.63) is 78.8 Å². The van der Waals surface area contributed by atoms with E-state index in [1.807, 2.05) is 60.4 Å². The molecular weight excluding hydrogens is 352 g/mol. The van der Waals surface area contributed by atoms with Gasteiger partial charge in [0.25, 0.3) is 0 Å². The van der Waals surface area contributed by atoms with Crippen LogP contribution in [0.3, 0.4) is 0 Å². The summed E-state index contributed by atoms with van der Waals surface area (Å²) in [6.07, 6.45) is 5.32. The van der Waals surface area contributed by atoms with E-state index in [0.717, 1.165) is 28.4 Å².